The summed E-state index contributed by atoms with van der Waals surface area (Å²) in [6.07, 6.45) is 1.59. The second kappa shape index (κ2) is 16.5. The number of nitrogens with one attached hydrogen (secondary N) is 2. The van der Waals surface area contributed by atoms with Crippen LogP contribution < -0.4 is 26.6 Å². The summed E-state index contributed by atoms with van der Waals surface area (Å²) in [6.45, 7) is 1.67. The predicted octanol–water partition coefficient (Wildman–Crippen LogP) is -3.31. The number of amides is 3. The molecule has 0 saturated heterocycles. The van der Waals surface area contributed by atoms with Gasteiger partial charge in [0.15, 0.2) is 12.4 Å². The maximum absolute atomic E-state index is 12.0. The Labute approximate surface area is 178 Å². The van der Waals surface area contributed by atoms with Gasteiger partial charge in [0, 0.05) is 19.7 Å². The van der Waals surface area contributed by atoms with Crippen molar-refractivity contribution in [2.45, 2.75) is 26.1 Å². The van der Waals surface area contributed by atoms with Crippen LogP contribution in [-0.2, 0) is 30.6 Å². The van der Waals surface area contributed by atoms with Crippen LogP contribution in [0.1, 0.15) is 23.7 Å². The van der Waals surface area contributed by atoms with E-state index in [0.29, 0.717) is 11.2 Å². The highest BCUT2D eigenvalue weighted by Crippen LogP contribution is 1.98. The van der Waals surface area contributed by atoms with Gasteiger partial charge in [0.1, 0.15) is 18.2 Å². The third-order valence-corrected chi connectivity index (χ3v) is 3.31. The van der Waals surface area contributed by atoms with Crippen molar-refractivity contribution in [2.24, 2.45) is 5.73 Å². The van der Waals surface area contributed by atoms with Gasteiger partial charge in [0.2, 0.25) is 5.91 Å². The molecule has 0 aliphatic heterocycles. The summed E-state index contributed by atoms with van der Waals surface area (Å²) in [5.74, 6) is -2.00. The molecule has 14 heteroatoms. The van der Waals surface area contributed by atoms with Crippen molar-refractivity contribution < 1.29 is 54.0 Å². The molecule has 0 aliphatic rings. The van der Waals surface area contributed by atoms with Crippen molar-refractivity contribution in [2.75, 3.05) is 26.9 Å². The molecular weight excluding hydrogens is 418 g/mol. The lowest BCUT2D eigenvalue weighted by Crippen LogP contribution is -2.79. The van der Waals surface area contributed by atoms with E-state index in [1.807, 2.05) is 0 Å². The SMILES string of the molecule is CCOC(=O)C(CC(N)=O)NC(=O)OC[n+]1cccc(C(=O)NCCO[NH2+]O)c1.CO. The summed E-state index contributed by atoms with van der Waals surface area (Å²) in [4.78, 5) is 51.3. The fraction of sp³-hybridized carbons (Fsp3) is 0.471. The number of primary amides is 1. The number of nitrogens with two attached hydrogens (primary N) is 2. The standard InChI is InChI=1S/C16H23N5O8.CH4O/c1-2-27-15(24)12(8-13(17)22)19-16(25)28-10-21-6-3-4-11(9-21)14(23)18-5-7-29-20-26;1-2/h3-4,6,9,12,26H,2,5,7-8,10,20H2,1H3,(H2-2,17,18,19,22,23,25);2H,1H3/p+2. The van der Waals surface area contributed by atoms with Crippen molar-refractivity contribution in [3.63, 3.8) is 0 Å². The molecule has 1 aromatic rings. The number of pyridine rings is 1. The van der Waals surface area contributed by atoms with Crippen LogP contribution in [0.3, 0.4) is 0 Å². The first-order valence-corrected chi connectivity index (χ1v) is 9.05. The average molecular weight is 447 g/mol. The van der Waals surface area contributed by atoms with E-state index >= 15 is 0 Å². The van der Waals surface area contributed by atoms with Crippen LogP contribution in [0, 0.1) is 0 Å². The quantitative estimate of drug-likeness (QED) is 0.0819. The number of rotatable bonds is 12. The Morgan fingerprint density at radius 1 is 1.26 bits per heavy atom. The van der Waals surface area contributed by atoms with Crippen LogP contribution in [0.2, 0.25) is 0 Å². The fourth-order valence-electron chi connectivity index (χ4n) is 2.07. The van der Waals surface area contributed by atoms with Crippen LogP contribution in [0.15, 0.2) is 24.5 Å². The van der Waals surface area contributed by atoms with Crippen molar-refractivity contribution in [1.82, 2.24) is 10.6 Å². The first kappa shape index (κ1) is 27.7. The summed E-state index contributed by atoms with van der Waals surface area (Å²) in [5, 5.41) is 20.2. The minimum Gasteiger partial charge on any atom is -0.464 e. The third-order valence-electron chi connectivity index (χ3n) is 3.31. The lowest BCUT2D eigenvalue weighted by Gasteiger charge is -2.15. The molecule has 1 unspecified atom stereocenters. The highest BCUT2D eigenvalue weighted by molar-refractivity contribution is 5.93. The van der Waals surface area contributed by atoms with E-state index in [0.717, 1.165) is 7.11 Å². The van der Waals surface area contributed by atoms with E-state index in [4.69, 9.17) is 25.5 Å². The Bertz CT molecular complexity index is 717. The van der Waals surface area contributed by atoms with Crippen LogP contribution in [-0.4, -0.2) is 67.1 Å². The molecule has 3 amide bonds. The molecular formula is C17H29N5O9+2. The van der Waals surface area contributed by atoms with E-state index in [1.54, 1.807) is 25.3 Å². The fourth-order valence-corrected chi connectivity index (χ4v) is 2.07. The van der Waals surface area contributed by atoms with Gasteiger partial charge in [-0.15, -0.1) is 0 Å². The molecule has 0 aliphatic carbocycles. The monoisotopic (exact) mass is 447 g/mol. The summed E-state index contributed by atoms with van der Waals surface area (Å²) in [6, 6.07) is 1.86. The molecule has 0 saturated carbocycles. The molecule has 14 nitrogen and oxygen atoms in total. The van der Waals surface area contributed by atoms with E-state index in [-0.39, 0.29) is 26.5 Å². The van der Waals surface area contributed by atoms with Crippen molar-refractivity contribution in [1.29, 1.82) is 0 Å². The van der Waals surface area contributed by atoms with Crippen LogP contribution in [0.5, 0.6) is 0 Å². The van der Waals surface area contributed by atoms with Crippen molar-refractivity contribution in [3.05, 3.63) is 30.1 Å². The van der Waals surface area contributed by atoms with Gasteiger partial charge in [-0.1, -0.05) is 5.64 Å². The Balaban J connectivity index is 0.00000436. The number of aromatic nitrogens is 1. The summed E-state index contributed by atoms with van der Waals surface area (Å²) in [5.41, 5.74) is 5.88. The maximum atomic E-state index is 12.0. The van der Waals surface area contributed by atoms with Gasteiger partial charge in [-0.05, 0) is 13.0 Å². The largest absolute Gasteiger partial charge is 0.464 e. The molecule has 1 aromatic heterocycles. The molecule has 0 fully saturated rings. The van der Waals surface area contributed by atoms with Crippen LogP contribution in [0.25, 0.3) is 0 Å². The molecule has 8 N–H and O–H groups in total. The highest BCUT2D eigenvalue weighted by Gasteiger charge is 2.25. The number of aliphatic hydroxyl groups is 1. The molecule has 0 aromatic carbocycles. The molecule has 1 rings (SSSR count). The Hall–Kier alpha value is -3.33. The summed E-state index contributed by atoms with van der Waals surface area (Å²) >= 11 is 0. The zero-order chi connectivity index (χ0) is 23.6. The van der Waals surface area contributed by atoms with Gasteiger partial charge >= 0.3 is 12.1 Å². The number of quaternary nitrogens is 1. The van der Waals surface area contributed by atoms with Gasteiger partial charge in [0.05, 0.1) is 13.0 Å². The smallest absolute Gasteiger partial charge is 0.412 e. The first-order valence-electron chi connectivity index (χ1n) is 9.05. The van der Waals surface area contributed by atoms with Crippen LogP contribution in [0.4, 0.5) is 4.79 Å². The molecule has 0 radical (unpaired) electrons. The zero-order valence-corrected chi connectivity index (χ0v) is 17.3. The minimum atomic E-state index is -1.26. The molecule has 1 atom stereocenters. The topological polar surface area (TPSA) is 207 Å². The number of carbonyl (C=O) groups excluding carboxylic acids is 4. The first-order chi connectivity index (χ1) is 14.9. The summed E-state index contributed by atoms with van der Waals surface area (Å²) < 4.78 is 11.2. The Morgan fingerprint density at radius 3 is 2.58 bits per heavy atom. The van der Waals surface area contributed by atoms with Gasteiger partial charge in [-0.25, -0.2) is 9.59 Å². The highest BCUT2D eigenvalue weighted by atomic mass is 16.8. The Morgan fingerprint density at radius 2 is 1.97 bits per heavy atom. The summed E-state index contributed by atoms with van der Waals surface area (Å²) in [7, 11) is 1.00. The van der Waals surface area contributed by atoms with Gasteiger partial charge in [-0.2, -0.15) is 14.6 Å². The van der Waals surface area contributed by atoms with Crippen molar-refractivity contribution >= 4 is 23.9 Å². The number of aliphatic hydroxyl groups excluding tert-OH is 1. The van der Waals surface area contributed by atoms with Gasteiger partial charge in [0.25, 0.3) is 12.6 Å². The second-order valence-corrected chi connectivity index (χ2v) is 5.52. The lowest BCUT2D eigenvalue weighted by atomic mass is 10.2. The maximum Gasteiger partial charge on any atom is 0.412 e. The van der Waals surface area contributed by atoms with E-state index in [9.17, 15) is 19.2 Å². The number of nitrogens with zero attached hydrogens (tertiary/aromatic N) is 1. The number of hydrogen-bond donors (Lipinski definition) is 6. The van der Waals surface area contributed by atoms with Crippen LogP contribution >= 0.6 is 0 Å². The number of alkyl carbamates (subject to hydrolysis) is 1. The Kier molecular flexibility index (Phi) is 14.7. The zero-order valence-electron chi connectivity index (χ0n) is 17.3. The minimum absolute atomic E-state index is 0.0694. The number of ether oxygens (including phenoxy) is 2. The molecule has 174 valence electrons. The normalized spacial score (nSPS) is 10.7. The third kappa shape index (κ3) is 12.1. The molecule has 31 heavy (non-hydrogen) atoms. The number of hydrogen-bond acceptors (Lipinski definition) is 9. The van der Waals surface area contributed by atoms with Gasteiger partial charge in [-0.3, -0.25) is 9.59 Å². The second-order valence-electron chi connectivity index (χ2n) is 5.52. The van der Waals surface area contributed by atoms with Gasteiger partial charge < -0.3 is 30.9 Å². The molecule has 0 spiro atoms. The van der Waals surface area contributed by atoms with Crippen molar-refractivity contribution in [3.8, 4) is 0 Å². The van der Waals surface area contributed by atoms with E-state index in [1.165, 1.54) is 10.8 Å². The molecule has 0 bridgehead atoms. The number of carbonyl (C=O) groups is 4. The van der Waals surface area contributed by atoms with E-state index < -0.39 is 36.3 Å². The number of esters is 1. The molecule has 1 heterocycles. The lowest BCUT2D eigenvalue weighted by molar-refractivity contribution is -1.06. The van der Waals surface area contributed by atoms with E-state index in [2.05, 4.69) is 15.5 Å². The average Bonchev–Trinajstić information content (AvgIpc) is 2.76. The predicted molar refractivity (Wildman–Crippen MR) is 101 cm³/mol.